The van der Waals surface area contributed by atoms with Gasteiger partial charge >= 0.3 is 17.9 Å². The molecule has 0 aliphatic rings. The Labute approximate surface area is 116 Å². The van der Waals surface area contributed by atoms with Crippen molar-refractivity contribution < 1.29 is 28.6 Å². The van der Waals surface area contributed by atoms with Crippen LogP contribution >= 0.6 is 0 Å². The highest BCUT2D eigenvalue weighted by atomic mass is 16.6. The highest BCUT2D eigenvalue weighted by molar-refractivity contribution is 5.78. The van der Waals surface area contributed by atoms with Gasteiger partial charge in [0.2, 0.25) is 6.10 Å². The average Bonchev–Trinajstić information content (AvgIpc) is 2.38. The highest BCUT2D eigenvalue weighted by Crippen LogP contribution is 2.15. The minimum atomic E-state index is -0.989. The summed E-state index contributed by atoms with van der Waals surface area (Å²) < 4.78 is 14.4. The van der Waals surface area contributed by atoms with Gasteiger partial charge in [-0.05, 0) is 17.7 Å². The fraction of sp³-hybridized carbons (Fsp3) is 0.357. The van der Waals surface area contributed by atoms with E-state index in [1.54, 1.807) is 24.3 Å². The van der Waals surface area contributed by atoms with Crippen molar-refractivity contribution in [3.8, 4) is 5.75 Å². The fourth-order valence-electron chi connectivity index (χ4n) is 1.58. The van der Waals surface area contributed by atoms with Gasteiger partial charge in [-0.25, -0.2) is 4.79 Å². The second kappa shape index (κ2) is 7.28. The van der Waals surface area contributed by atoms with E-state index < -0.39 is 24.0 Å². The maximum atomic E-state index is 11.5. The van der Waals surface area contributed by atoms with Crippen molar-refractivity contribution in [2.75, 3.05) is 7.11 Å². The first-order valence-corrected chi connectivity index (χ1v) is 5.94. The molecule has 1 atom stereocenters. The Balaban J connectivity index is 2.75. The second-order valence-corrected chi connectivity index (χ2v) is 4.06. The van der Waals surface area contributed by atoms with Crippen molar-refractivity contribution in [2.24, 2.45) is 0 Å². The number of esters is 3. The molecule has 0 bridgehead atoms. The van der Waals surface area contributed by atoms with E-state index in [1.807, 2.05) is 0 Å². The summed E-state index contributed by atoms with van der Waals surface area (Å²) in [7, 11) is 1.22. The Hall–Kier alpha value is -2.37. The van der Waals surface area contributed by atoms with E-state index in [0.717, 1.165) is 5.56 Å². The van der Waals surface area contributed by atoms with Gasteiger partial charge in [-0.15, -0.1) is 0 Å². The molecule has 0 N–H and O–H groups in total. The van der Waals surface area contributed by atoms with Crippen LogP contribution in [0.5, 0.6) is 5.75 Å². The number of benzene rings is 1. The molecule has 0 amide bonds. The van der Waals surface area contributed by atoms with Crippen LogP contribution in [0.2, 0.25) is 0 Å². The number of carbonyl (C=O) groups is 3. The minimum absolute atomic E-state index is 0.187. The van der Waals surface area contributed by atoms with Gasteiger partial charge in [-0.3, -0.25) is 9.59 Å². The van der Waals surface area contributed by atoms with Crippen molar-refractivity contribution in [1.82, 2.24) is 0 Å². The molecular weight excluding hydrogens is 264 g/mol. The largest absolute Gasteiger partial charge is 0.466 e. The molecule has 6 heteroatoms. The standard InChI is InChI=1S/C14H16O6/c1-9(15)19-12-6-4-11(5-7-12)8-13(14(17)18-3)20-10(2)16/h4-7,13H,8H2,1-3H3/t13-/m1/s1. The number of carbonyl (C=O) groups excluding carboxylic acids is 3. The summed E-state index contributed by atoms with van der Waals surface area (Å²) in [4.78, 5) is 33.2. The predicted octanol–water partition coefficient (Wildman–Crippen LogP) is 1.26. The summed E-state index contributed by atoms with van der Waals surface area (Å²) >= 11 is 0. The first kappa shape index (κ1) is 15.7. The van der Waals surface area contributed by atoms with Crippen LogP contribution in [0, 0.1) is 0 Å². The maximum absolute atomic E-state index is 11.5. The number of methoxy groups -OCH3 is 1. The van der Waals surface area contributed by atoms with Crippen LogP contribution in [-0.4, -0.2) is 31.1 Å². The summed E-state index contributed by atoms with van der Waals surface area (Å²) in [6.45, 7) is 2.53. The van der Waals surface area contributed by atoms with Gasteiger partial charge in [0.05, 0.1) is 7.11 Å². The molecule has 0 aliphatic heterocycles. The summed E-state index contributed by atoms with van der Waals surface area (Å²) in [6, 6.07) is 6.55. The normalized spacial score (nSPS) is 11.3. The van der Waals surface area contributed by atoms with Crippen molar-refractivity contribution in [3.63, 3.8) is 0 Å². The molecule has 6 nitrogen and oxygen atoms in total. The SMILES string of the molecule is COC(=O)[C@@H](Cc1ccc(OC(C)=O)cc1)OC(C)=O. The molecular formula is C14H16O6. The average molecular weight is 280 g/mol. The van der Waals surface area contributed by atoms with Gasteiger partial charge in [-0.2, -0.15) is 0 Å². The van der Waals surface area contributed by atoms with Crippen molar-refractivity contribution >= 4 is 17.9 Å². The van der Waals surface area contributed by atoms with E-state index >= 15 is 0 Å². The Kier molecular flexibility index (Phi) is 5.71. The van der Waals surface area contributed by atoms with E-state index in [-0.39, 0.29) is 6.42 Å². The molecule has 0 saturated carbocycles. The van der Waals surface area contributed by atoms with Crippen molar-refractivity contribution in [3.05, 3.63) is 29.8 Å². The lowest BCUT2D eigenvalue weighted by molar-refractivity contribution is -0.164. The molecule has 0 aromatic heterocycles. The van der Waals surface area contributed by atoms with Gasteiger partial charge in [0.15, 0.2) is 0 Å². The van der Waals surface area contributed by atoms with Crippen LogP contribution in [0.1, 0.15) is 19.4 Å². The Morgan fingerprint density at radius 3 is 2.10 bits per heavy atom. The number of hydrogen-bond donors (Lipinski definition) is 0. The van der Waals surface area contributed by atoms with Crippen molar-refractivity contribution in [2.45, 2.75) is 26.4 Å². The van der Waals surface area contributed by atoms with Gasteiger partial charge in [0.1, 0.15) is 5.75 Å². The Morgan fingerprint density at radius 1 is 1.05 bits per heavy atom. The third-order valence-electron chi connectivity index (χ3n) is 2.38. The van der Waals surface area contributed by atoms with Crippen molar-refractivity contribution in [1.29, 1.82) is 0 Å². The zero-order valence-electron chi connectivity index (χ0n) is 11.5. The number of hydrogen-bond acceptors (Lipinski definition) is 6. The summed E-state index contributed by atoms with van der Waals surface area (Å²) in [5.41, 5.74) is 0.748. The molecule has 108 valence electrons. The van der Waals surface area contributed by atoms with Crippen LogP contribution < -0.4 is 4.74 Å². The quantitative estimate of drug-likeness (QED) is 0.597. The van der Waals surface area contributed by atoms with E-state index in [2.05, 4.69) is 4.74 Å². The maximum Gasteiger partial charge on any atom is 0.347 e. The first-order valence-electron chi connectivity index (χ1n) is 5.94. The first-order chi connectivity index (χ1) is 9.42. The molecule has 0 spiro atoms. The van der Waals surface area contributed by atoms with Crippen LogP contribution in [0.25, 0.3) is 0 Å². The summed E-state index contributed by atoms with van der Waals surface area (Å²) in [5, 5.41) is 0. The molecule has 0 aliphatic carbocycles. The van der Waals surface area contributed by atoms with Gasteiger partial charge in [0.25, 0.3) is 0 Å². The minimum Gasteiger partial charge on any atom is -0.466 e. The predicted molar refractivity (Wildman–Crippen MR) is 69.0 cm³/mol. The smallest absolute Gasteiger partial charge is 0.347 e. The second-order valence-electron chi connectivity index (χ2n) is 4.06. The van der Waals surface area contributed by atoms with E-state index in [1.165, 1.54) is 21.0 Å². The molecule has 0 radical (unpaired) electrons. The van der Waals surface area contributed by atoms with E-state index in [9.17, 15) is 14.4 Å². The van der Waals surface area contributed by atoms with Crippen LogP contribution in [0.15, 0.2) is 24.3 Å². The topological polar surface area (TPSA) is 78.9 Å². The third kappa shape index (κ3) is 5.09. The Morgan fingerprint density at radius 2 is 1.65 bits per heavy atom. The summed E-state index contributed by atoms with van der Waals surface area (Å²) in [5.74, 6) is -1.19. The molecule has 0 unspecified atom stereocenters. The molecule has 0 fully saturated rings. The zero-order chi connectivity index (χ0) is 15.1. The molecule has 1 rings (SSSR count). The Bertz CT molecular complexity index is 491. The fourth-order valence-corrected chi connectivity index (χ4v) is 1.58. The number of rotatable bonds is 5. The van der Waals surface area contributed by atoms with Crippen LogP contribution in [0.3, 0.4) is 0 Å². The zero-order valence-corrected chi connectivity index (χ0v) is 11.5. The van der Waals surface area contributed by atoms with Gasteiger partial charge in [-0.1, -0.05) is 12.1 Å². The number of ether oxygens (including phenoxy) is 3. The highest BCUT2D eigenvalue weighted by Gasteiger charge is 2.22. The summed E-state index contributed by atoms with van der Waals surface area (Å²) in [6.07, 6.45) is -0.802. The monoisotopic (exact) mass is 280 g/mol. The van der Waals surface area contributed by atoms with Crippen LogP contribution in [0.4, 0.5) is 0 Å². The molecule has 0 heterocycles. The van der Waals surface area contributed by atoms with Gasteiger partial charge < -0.3 is 14.2 Å². The van der Waals surface area contributed by atoms with E-state index in [0.29, 0.717) is 5.75 Å². The third-order valence-corrected chi connectivity index (χ3v) is 2.38. The molecule has 1 aromatic carbocycles. The lowest BCUT2D eigenvalue weighted by Gasteiger charge is -2.14. The molecule has 1 aromatic rings. The van der Waals surface area contributed by atoms with Crippen LogP contribution in [-0.2, 0) is 30.3 Å². The lowest BCUT2D eigenvalue weighted by Crippen LogP contribution is -2.29. The molecule has 0 saturated heterocycles. The lowest BCUT2D eigenvalue weighted by atomic mass is 10.1. The van der Waals surface area contributed by atoms with E-state index in [4.69, 9.17) is 9.47 Å². The van der Waals surface area contributed by atoms with Gasteiger partial charge in [0, 0.05) is 20.3 Å². The molecule has 20 heavy (non-hydrogen) atoms.